The van der Waals surface area contributed by atoms with E-state index >= 15 is 0 Å². The number of nitrogens with zero attached hydrogens (tertiary/aromatic N) is 3. The molecule has 0 atom stereocenters. The Morgan fingerprint density at radius 2 is 2.45 bits per heavy atom. The summed E-state index contributed by atoms with van der Waals surface area (Å²) in [6.07, 6.45) is 2.37. The SMILES string of the molecule is CCCc1nsc(CC#N)n1. The third-order valence-electron chi connectivity index (χ3n) is 1.21. The lowest BCUT2D eigenvalue weighted by Gasteiger charge is -1.84. The highest BCUT2D eigenvalue weighted by Crippen LogP contribution is 2.06. The van der Waals surface area contributed by atoms with Crippen LogP contribution in [0.2, 0.25) is 0 Å². The van der Waals surface area contributed by atoms with Crippen molar-refractivity contribution in [1.29, 1.82) is 5.26 Å². The Morgan fingerprint density at radius 3 is 3.09 bits per heavy atom. The lowest BCUT2D eigenvalue weighted by molar-refractivity contribution is 0.855. The first-order valence-corrected chi connectivity index (χ1v) is 4.32. The van der Waals surface area contributed by atoms with E-state index in [0.717, 1.165) is 23.7 Å². The molecule has 0 unspecified atom stereocenters. The van der Waals surface area contributed by atoms with Crippen LogP contribution in [0.1, 0.15) is 24.2 Å². The first kappa shape index (κ1) is 8.15. The van der Waals surface area contributed by atoms with Crippen LogP contribution in [0.3, 0.4) is 0 Å². The Morgan fingerprint density at radius 1 is 1.64 bits per heavy atom. The summed E-state index contributed by atoms with van der Waals surface area (Å²) in [5, 5.41) is 9.18. The number of aryl methyl sites for hydroxylation is 1. The summed E-state index contributed by atoms with van der Waals surface area (Å²) in [5.74, 6) is 0.878. The monoisotopic (exact) mass is 167 g/mol. The predicted molar refractivity (Wildman–Crippen MR) is 43.2 cm³/mol. The molecule has 4 heteroatoms. The first-order chi connectivity index (χ1) is 5.36. The van der Waals surface area contributed by atoms with Crippen molar-refractivity contribution in [2.45, 2.75) is 26.2 Å². The molecule has 0 spiro atoms. The first-order valence-electron chi connectivity index (χ1n) is 3.55. The van der Waals surface area contributed by atoms with Crippen LogP contribution in [0.15, 0.2) is 0 Å². The van der Waals surface area contributed by atoms with Crippen molar-refractivity contribution in [3.8, 4) is 6.07 Å². The molecule has 1 aromatic rings. The number of nitriles is 1. The molecule has 11 heavy (non-hydrogen) atoms. The van der Waals surface area contributed by atoms with E-state index < -0.39 is 0 Å². The zero-order valence-electron chi connectivity index (χ0n) is 6.37. The lowest BCUT2D eigenvalue weighted by atomic mass is 10.3. The molecule has 3 nitrogen and oxygen atoms in total. The van der Waals surface area contributed by atoms with Gasteiger partial charge in [0, 0.05) is 6.42 Å². The average molecular weight is 167 g/mol. The van der Waals surface area contributed by atoms with E-state index in [4.69, 9.17) is 5.26 Å². The summed E-state index contributed by atoms with van der Waals surface area (Å²) in [6, 6.07) is 2.05. The minimum Gasteiger partial charge on any atom is -0.223 e. The molecule has 0 N–H and O–H groups in total. The van der Waals surface area contributed by atoms with Crippen LogP contribution in [-0.4, -0.2) is 9.36 Å². The van der Waals surface area contributed by atoms with E-state index in [0.29, 0.717) is 6.42 Å². The van der Waals surface area contributed by atoms with Crippen LogP contribution in [0.4, 0.5) is 0 Å². The molecule has 0 aliphatic rings. The van der Waals surface area contributed by atoms with Gasteiger partial charge in [-0.25, -0.2) is 4.98 Å². The molecule has 0 saturated heterocycles. The number of aromatic nitrogens is 2. The standard InChI is InChI=1S/C7H9N3S/c1-2-3-6-9-7(4-5-8)11-10-6/h2-4H2,1H3. The van der Waals surface area contributed by atoms with Gasteiger partial charge < -0.3 is 0 Å². The topological polar surface area (TPSA) is 49.6 Å². The molecule has 0 aliphatic carbocycles. The highest BCUT2D eigenvalue weighted by molar-refractivity contribution is 7.05. The van der Waals surface area contributed by atoms with Crippen LogP contribution in [-0.2, 0) is 12.8 Å². The largest absolute Gasteiger partial charge is 0.223 e. The maximum atomic E-state index is 8.35. The van der Waals surface area contributed by atoms with E-state index in [-0.39, 0.29) is 0 Å². The summed E-state index contributed by atoms with van der Waals surface area (Å²) in [4.78, 5) is 4.17. The summed E-state index contributed by atoms with van der Waals surface area (Å²) in [7, 11) is 0. The smallest absolute Gasteiger partial charge is 0.142 e. The van der Waals surface area contributed by atoms with Gasteiger partial charge >= 0.3 is 0 Å². The third kappa shape index (κ3) is 2.28. The van der Waals surface area contributed by atoms with Gasteiger partial charge in [0.2, 0.25) is 0 Å². The molecule has 0 aliphatic heterocycles. The van der Waals surface area contributed by atoms with Crippen molar-refractivity contribution in [1.82, 2.24) is 9.36 Å². The quantitative estimate of drug-likeness (QED) is 0.686. The summed E-state index contributed by atoms with van der Waals surface area (Å²) < 4.78 is 4.10. The Kier molecular flexibility index (Phi) is 2.99. The molecular weight excluding hydrogens is 158 g/mol. The summed E-state index contributed by atoms with van der Waals surface area (Å²) in [5.41, 5.74) is 0. The molecule has 1 heterocycles. The van der Waals surface area contributed by atoms with Gasteiger partial charge in [-0.2, -0.15) is 9.64 Å². The van der Waals surface area contributed by atoms with Crippen molar-refractivity contribution in [3.05, 3.63) is 10.8 Å². The molecule has 0 saturated carbocycles. The fourth-order valence-corrected chi connectivity index (χ4v) is 1.37. The maximum Gasteiger partial charge on any atom is 0.142 e. The van der Waals surface area contributed by atoms with Crippen molar-refractivity contribution in [2.75, 3.05) is 0 Å². The van der Waals surface area contributed by atoms with Gasteiger partial charge in [0.15, 0.2) is 0 Å². The van der Waals surface area contributed by atoms with Crippen molar-refractivity contribution in [2.24, 2.45) is 0 Å². The van der Waals surface area contributed by atoms with Crippen molar-refractivity contribution >= 4 is 11.5 Å². The van der Waals surface area contributed by atoms with E-state index in [2.05, 4.69) is 16.3 Å². The molecule has 0 bridgehead atoms. The van der Waals surface area contributed by atoms with E-state index in [1.54, 1.807) is 0 Å². The normalized spacial score (nSPS) is 9.45. The Bertz CT molecular complexity index is 261. The Labute approximate surface area is 69.9 Å². The van der Waals surface area contributed by atoms with Crippen molar-refractivity contribution < 1.29 is 0 Å². The van der Waals surface area contributed by atoms with E-state index in [1.807, 2.05) is 6.07 Å². The zero-order valence-corrected chi connectivity index (χ0v) is 7.19. The van der Waals surface area contributed by atoms with Gasteiger partial charge in [0.05, 0.1) is 12.5 Å². The second-order valence-electron chi connectivity index (χ2n) is 2.19. The molecule has 1 rings (SSSR count). The van der Waals surface area contributed by atoms with Gasteiger partial charge in [-0.1, -0.05) is 6.92 Å². The van der Waals surface area contributed by atoms with Gasteiger partial charge in [-0.15, -0.1) is 0 Å². The number of hydrogen-bond donors (Lipinski definition) is 0. The summed E-state index contributed by atoms with van der Waals surface area (Å²) in [6.45, 7) is 2.09. The van der Waals surface area contributed by atoms with Gasteiger partial charge in [-0.3, -0.25) is 0 Å². The maximum absolute atomic E-state index is 8.35. The van der Waals surface area contributed by atoms with Crippen LogP contribution in [0.25, 0.3) is 0 Å². The molecule has 0 radical (unpaired) electrons. The van der Waals surface area contributed by atoms with Gasteiger partial charge in [-0.05, 0) is 18.0 Å². The fraction of sp³-hybridized carbons (Fsp3) is 0.571. The van der Waals surface area contributed by atoms with Crippen LogP contribution in [0, 0.1) is 11.3 Å². The number of rotatable bonds is 3. The van der Waals surface area contributed by atoms with Crippen LogP contribution in [0.5, 0.6) is 0 Å². The zero-order chi connectivity index (χ0) is 8.10. The lowest BCUT2D eigenvalue weighted by Crippen LogP contribution is -1.86. The molecule has 0 amide bonds. The van der Waals surface area contributed by atoms with Crippen LogP contribution < -0.4 is 0 Å². The van der Waals surface area contributed by atoms with Gasteiger partial charge in [0.25, 0.3) is 0 Å². The molecule has 0 aromatic carbocycles. The van der Waals surface area contributed by atoms with Crippen molar-refractivity contribution in [3.63, 3.8) is 0 Å². The van der Waals surface area contributed by atoms with E-state index in [1.165, 1.54) is 11.5 Å². The van der Waals surface area contributed by atoms with Crippen LogP contribution >= 0.6 is 11.5 Å². The number of hydrogen-bond acceptors (Lipinski definition) is 4. The minimum atomic E-state index is 0.390. The minimum absolute atomic E-state index is 0.390. The Hall–Kier alpha value is -0.950. The highest BCUT2D eigenvalue weighted by Gasteiger charge is 2.00. The van der Waals surface area contributed by atoms with E-state index in [9.17, 15) is 0 Å². The molecular formula is C7H9N3S. The average Bonchev–Trinajstić information content (AvgIpc) is 2.38. The molecule has 0 fully saturated rings. The second-order valence-corrected chi connectivity index (χ2v) is 3.03. The fourth-order valence-electron chi connectivity index (χ4n) is 0.755. The molecule has 1 aromatic heterocycles. The Balaban J connectivity index is 2.60. The molecule has 58 valence electrons. The van der Waals surface area contributed by atoms with Gasteiger partial charge in [0.1, 0.15) is 10.8 Å². The predicted octanol–water partition coefficient (Wildman–Crippen LogP) is 1.56. The highest BCUT2D eigenvalue weighted by atomic mass is 32.1. The third-order valence-corrected chi connectivity index (χ3v) is 1.96. The summed E-state index contributed by atoms with van der Waals surface area (Å²) >= 11 is 1.33. The second kappa shape index (κ2) is 4.04.